The predicted octanol–water partition coefficient (Wildman–Crippen LogP) is 3.13. The van der Waals surface area contributed by atoms with Crippen LogP contribution in [0, 0.1) is 0 Å². The SMILES string of the molecule is O=C(CN1CCC[C@@H]1C(=O)O)Nc1c(Cl)cc(Cl)cc1Cl. The van der Waals surface area contributed by atoms with Crippen molar-refractivity contribution >= 4 is 52.4 Å². The van der Waals surface area contributed by atoms with Crippen molar-refractivity contribution in [2.24, 2.45) is 0 Å². The molecule has 2 N–H and O–H groups in total. The van der Waals surface area contributed by atoms with E-state index in [2.05, 4.69) is 5.32 Å². The lowest BCUT2D eigenvalue weighted by Gasteiger charge is -2.20. The van der Waals surface area contributed by atoms with E-state index < -0.39 is 12.0 Å². The number of halogens is 3. The summed E-state index contributed by atoms with van der Waals surface area (Å²) in [5.41, 5.74) is 0.277. The van der Waals surface area contributed by atoms with Gasteiger partial charge in [-0.25, -0.2) is 0 Å². The Bertz CT molecular complexity index is 557. The summed E-state index contributed by atoms with van der Waals surface area (Å²) in [5, 5.41) is 12.5. The molecule has 8 heteroatoms. The van der Waals surface area contributed by atoms with Gasteiger partial charge in [-0.1, -0.05) is 34.8 Å². The van der Waals surface area contributed by atoms with Crippen molar-refractivity contribution < 1.29 is 14.7 Å². The number of amides is 1. The van der Waals surface area contributed by atoms with Crippen LogP contribution in [0.5, 0.6) is 0 Å². The molecule has 0 unspecified atom stereocenters. The number of carboxylic acids is 1. The maximum atomic E-state index is 12.0. The van der Waals surface area contributed by atoms with Crippen molar-refractivity contribution in [2.75, 3.05) is 18.4 Å². The molecule has 2 rings (SSSR count). The summed E-state index contributed by atoms with van der Waals surface area (Å²) < 4.78 is 0. The van der Waals surface area contributed by atoms with E-state index >= 15 is 0 Å². The van der Waals surface area contributed by atoms with Gasteiger partial charge in [0.15, 0.2) is 0 Å². The van der Waals surface area contributed by atoms with E-state index in [4.69, 9.17) is 39.9 Å². The molecule has 1 fully saturated rings. The third-order valence-corrected chi connectivity index (χ3v) is 4.08. The number of benzene rings is 1. The average molecular weight is 352 g/mol. The molecule has 1 aliphatic rings. The number of aliphatic carboxylic acids is 1. The molecule has 0 aromatic heterocycles. The summed E-state index contributed by atoms with van der Waals surface area (Å²) in [6.45, 7) is 0.554. The number of hydrogen-bond acceptors (Lipinski definition) is 3. The van der Waals surface area contributed by atoms with Crippen molar-refractivity contribution in [3.63, 3.8) is 0 Å². The van der Waals surface area contributed by atoms with Crippen molar-refractivity contribution in [1.82, 2.24) is 4.90 Å². The van der Waals surface area contributed by atoms with Crippen LogP contribution in [-0.4, -0.2) is 41.0 Å². The van der Waals surface area contributed by atoms with Crippen LogP contribution in [0.1, 0.15) is 12.8 Å². The summed E-state index contributed by atoms with van der Waals surface area (Å²) in [6, 6.07) is 2.33. The highest BCUT2D eigenvalue weighted by atomic mass is 35.5. The summed E-state index contributed by atoms with van der Waals surface area (Å²) in [7, 11) is 0. The van der Waals surface area contributed by atoms with Crippen molar-refractivity contribution in [3.8, 4) is 0 Å². The first-order valence-corrected chi connectivity index (χ1v) is 7.43. The highest BCUT2D eigenvalue weighted by Crippen LogP contribution is 2.33. The molecule has 1 aromatic rings. The Morgan fingerprint density at radius 3 is 2.48 bits per heavy atom. The Morgan fingerprint density at radius 1 is 1.29 bits per heavy atom. The van der Waals surface area contributed by atoms with E-state index in [1.165, 1.54) is 12.1 Å². The number of likely N-dealkylation sites (tertiary alicyclic amines) is 1. The van der Waals surface area contributed by atoms with Gasteiger partial charge in [-0.05, 0) is 31.5 Å². The van der Waals surface area contributed by atoms with E-state index in [0.29, 0.717) is 18.0 Å². The average Bonchev–Trinajstić information content (AvgIpc) is 2.82. The number of carbonyl (C=O) groups is 2. The number of anilines is 1. The first-order chi connectivity index (χ1) is 9.88. The summed E-state index contributed by atoms with van der Waals surface area (Å²) in [4.78, 5) is 24.7. The third-order valence-electron chi connectivity index (χ3n) is 3.27. The van der Waals surface area contributed by atoms with Gasteiger partial charge in [-0.2, -0.15) is 0 Å². The molecule has 0 saturated carbocycles. The summed E-state index contributed by atoms with van der Waals surface area (Å²) in [5.74, 6) is -1.28. The van der Waals surface area contributed by atoms with Gasteiger partial charge in [0.25, 0.3) is 0 Å². The Labute approximate surface area is 136 Å². The second-order valence-electron chi connectivity index (χ2n) is 4.76. The monoisotopic (exact) mass is 350 g/mol. The molecular weight excluding hydrogens is 339 g/mol. The van der Waals surface area contributed by atoms with Gasteiger partial charge in [0.2, 0.25) is 5.91 Å². The van der Waals surface area contributed by atoms with Crippen LogP contribution in [0.2, 0.25) is 15.1 Å². The van der Waals surface area contributed by atoms with Gasteiger partial charge >= 0.3 is 5.97 Å². The molecule has 1 saturated heterocycles. The molecule has 0 radical (unpaired) electrons. The lowest BCUT2D eigenvalue weighted by Crippen LogP contribution is -2.40. The van der Waals surface area contributed by atoms with E-state index in [-0.39, 0.29) is 28.2 Å². The van der Waals surface area contributed by atoms with E-state index in [9.17, 15) is 9.59 Å². The predicted molar refractivity (Wildman–Crippen MR) is 82.3 cm³/mol. The topological polar surface area (TPSA) is 69.6 Å². The van der Waals surface area contributed by atoms with Crippen LogP contribution < -0.4 is 5.32 Å². The minimum Gasteiger partial charge on any atom is -0.480 e. The molecule has 5 nitrogen and oxygen atoms in total. The number of nitrogens with zero attached hydrogens (tertiary/aromatic N) is 1. The molecule has 1 aromatic carbocycles. The second-order valence-corrected chi connectivity index (χ2v) is 6.01. The zero-order chi connectivity index (χ0) is 15.6. The van der Waals surface area contributed by atoms with Gasteiger partial charge in [-0.3, -0.25) is 14.5 Å². The second kappa shape index (κ2) is 6.83. The molecule has 1 atom stereocenters. The zero-order valence-electron chi connectivity index (χ0n) is 10.9. The highest BCUT2D eigenvalue weighted by Gasteiger charge is 2.31. The number of carbonyl (C=O) groups excluding carboxylic acids is 1. The normalized spacial score (nSPS) is 18.7. The first-order valence-electron chi connectivity index (χ1n) is 6.29. The molecule has 1 aliphatic heterocycles. The quantitative estimate of drug-likeness (QED) is 0.874. The smallest absolute Gasteiger partial charge is 0.320 e. The molecule has 1 amide bonds. The molecule has 1 heterocycles. The Hall–Kier alpha value is -1.01. The lowest BCUT2D eigenvalue weighted by atomic mass is 10.2. The Kier molecular flexibility index (Phi) is 5.32. The first kappa shape index (κ1) is 16.4. The molecule has 0 aliphatic carbocycles. The summed E-state index contributed by atoms with van der Waals surface area (Å²) in [6.07, 6.45) is 1.30. The molecule has 0 spiro atoms. The van der Waals surface area contributed by atoms with E-state index in [1.807, 2.05) is 0 Å². The molecule has 114 valence electrons. The standard InChI is InChI=1S/C13H13Cl3N2O3/c14-7-4-8(15)12(9(16)5-7)17-11(19)6-18-3-1-2-10(18)13(20)21/h4-5,10H,1-3,6H2,(H,17,19)(H,20,21)/t10-/m1/s1. The van der Waals surface area contributed by atoms with Crippen LogP contribution >= 0.6 is 34.8 Å². The van der Waals surface area contributed by atoms with Gasteiger partial charge < -0.3 is 10.4 Å². The fraction of sp³-hybridized carbons (Fsp3) is 0.385. The van der Waals surface area contributed by atoms with Gasteiger partial charge in [-0.15, -0.1) is 0 Å². The van der Waals surface area contributed by atoms with Crippen LogP contribution in [0.3, 0.4) is 0 Å². The fourth-order valence-corrected chi connectivity index (χ4v) is 3.23. The largest absolute Gasteiger partial charge is 0.480 e. The fourth-order valence-electron chi connectivity index (χ4n) is 2.32. The van der Waals surface area contributed by atoms with Crippen molar-refractivity contribution in [2.45, 2.75) is 18.9 Å². The van der Waals surface area contributed by atoms with Crippen LogP contribution in [0.15, 0.2) is 12.1 Å². The number of carboxylic acid groups (broad SMARTS) is 1. The Morgan fingerprint density at radius 2 is 1.90 bits per heavy atom. The minimum absolute atomic E-state index is 0.0216. The van der Waals surface area contributed by atoms with Crippen LogP contribution in [0.4, 0.5) is 5.69 Å². The Balaban J connectivity index is 2.04. The number of nitrogens with one attached hydrogen (secondary N) is 1. The number of hydrogen-bond donors (Lipinski definition) is 2. The van der Waals surface area contributed by atoms with E-state index in [0.717, 1.165) is 6.42 Å². The van der Waals surface area contributed by atoms with Crippen LogP contribution in [-0.2, 0) is 9.59 Å². The zero-order valence-corrected chi connectivity index (χ0v) is 13.2. The lowest BCUT2D eigenvalue weighted by molar-refractivity contribution is -0.142. The third kappa shape index (κ3) is 4.01. The molecule has 21 heavy (non-hydrogen) atoms. The van der Waals surface area contributed by atoms with Crippen molar-refractivity contribution in [1.29, 1.82) is 0 Å². The minimum atomic E-state index is -0.914. The maximum Gasteiger partial charge on any atom is 0.320 e. The number of rotatable bonds is 4. The molecule has 0 bridgehead atoms. The highest BCUT2D eigenvalue weighted by molar-refractivity contribution is 6.42. The van der Waals surface area contributed by atoms with Gasteiger partial charge in [0, 0.05) is 5.02 Å². The maximum absolute atomic E-state index is 12.0. The van der Waals surface area contributed by atoms with E-state index in [1.54, 1.807) is 4.90 Å². The molecular formula is C13H13Cl3N2O3. The van der Waals surface area contributed by atoms with Crippen LogP contribution in [0.25, 0.3) is 0 Å². The van der Waals surface area contributed by atoms with Crippen molar-refractivity contribution in [3.05, 3.63) is 27.2 Å². The summed E-state index contributed by atoms with van der Waals surface area (Å²) >= 11 is 17.8. The van der Waals surface area contributed by atoms with Gasteiger partial charge in [0.1, 0.15) is 6.04 Å². The van der Waals surface area contributed by atoms with Gasteiger partial charge in [0.05, 0.1) is 22.3 Å².